The third-order valence-electron chi connectivity index (χ3n) is 2.11. The first kappa shape index (κ1) is 14.0. The Morgan fingerprint density at radius 3 is 2.71 bits per heavy atom. The number of benzene rings is 1. The molecule has 17 heavy (non-hydrogen) atoms. The van der Waals surface area contributed by atoms with Crippen LogP contribution in [0, 0.1) is 0 Å². The van der Waals surface area contributed by atoms with Gasteiger partial charge in [-0.3, -0.25) is 4.79 Å². The van der Waals surface area contributed by atoms with Crippen molar-refractivity contribution in [3.63, 3.8) is 0 Å². The zero-order chi connectivity index (χ0) is 13.0. The highest BCUT2D eigenvalue weighted by molar-refractivity contribution is 9.10. The van der Waals surface area contributed by atoms with Gasteiger partial charge in [0.25, 0.3) is 0 Å². The van der Waals surface area contributed by atoms with Gasteiger partial charge >= 0.3 is 5.97 Å². The second-order valence-electron chi connectivity index (χ2n) is 3.53. The summed E-state index contributed by atoms with van der Waals surface area (Å²) in [7, 11) is 0. The first-order valence-corrected chi connectivity index (χ1v) is 6.01. The largest absolute Gasteiger partial charge is 0.480 e. The van der Waals surface area contributed by atoms with Crippen LogP contribution in [-0.4, -0.2) is 23.0 Å². The highest BCUT2D eigenvalue weighted by atomic mass is 79.9. The van der Waals surface area contributed by atoms with Crippen molar-refractivity contribution in [3.05, 3.63) is 33.3 Å². The van der Waals surface area contributed by atoms with Gasteiger partial charge in [-0.25, -0.2) is 4.79 Å². The molecule has 0 aromatic heterocycles. The SMILES string of the molecule is CC(=O)N[C@@H](Cc1cc(Cl)ccc1Br)C(=O)O. The third kappa shape index (κ3) is 4.36. The molecular weight excluding hydrogens is 309 g/mol. The monoisotopic (exact) mass is 319 g/mol. The van der Waals surface area contributed by atoms with E-state index >= 15 is 0 Å². The maximum absolute atomic E-state index is 11.0. The Labute approximate surface area is 112 Å². The van der Waals surface area contributed by atoms with Crippen molar-refractivity contribution < 1.29 is 14.7 Å². The van der Waals surface area contributed by atoms with Crippen LogP contribution >= 0.6 is 27.5 Å². The van der Waals surface area contributed by atoms with Gasteiger partial charge in [0.05, 0.1) is 0 Å². The number of carboxylic acids is 1. The van der Waals surface area contributed by atoms with Crippen molar-refractivity contribution in [2.75, 3.05) is 0 Å². The first-order valence-electron chi connectivity index (χ1n) is 4.84. The summed E-state index contributed by atoms with van der Waals surface area (Å²) >= 11 is 9.14. The average molecular weight is 321 g/mol. The highest BCUT2D eigenvalue weighted by Crippen LogP contribution is 2.22. The lowest BCUT2D eigenvalue weighted by Crippen LogP contribution is -2.41. The number of amides is 1. The van der Waals surface area contributed by atoms with E-state index in [1.807, 2.05) is 0 Å². The number of aliphatic carboxylic acids is 1. The minimum absolute atomic E-state index is 0.177. The molecule has 2 N–H and O–H groups in total. The smallest absolute Gasteiger partial charge is 0.326 e. The van der Waals surface area contributed by atoms with E-state index < -0.39 is 12.0 Å². The van der Waals surface area contributed by atoms with Gasteiger partial charge in [0.1, 0.15) is 6.04 Å². The molecule has 92 valence electrons. The molecule has 6 heteroatoms. The normalized spacial score (nSPS) is 11.9. The van der Waals surface area contributed by atoms with E-state index in [9.17, 15) is 9.59 Å². The third-order valence-corrected chi connectivity index (χ3v) is 3.12. The van der Waals surface area contributed by atoms with Crippen molar-refractivity contribution in [2.24, 2.45) is 0 Å². The van der Waals surface area contributed by atoms with Crippen LogP contribution in [0.3, 0.4) is 0 Å². The second kappa shape index (κ2) is 6.02. The van der Waals surface area contributed by atoms with Crippen molar-refractivity contribution in [1.82, 2.24) is 5.32 Å². The molecule has 0 radical (unpaired) electrons. The van der Waals surface area contributed by atoms with Crippen LogP contribution in [0.5, 0.6) is 0 Å². The van der Waals surface area contributed by atoms with Gasteiger partial charge in [-0.1, -0.05) is 27.5 Å². The van der Waals surface area contributed by atoms with Crippen LogP contribution in [0.25, 0.3) is 0 Å². The lowest BCUT2D eigenvalue weighted by atomic mass is 10.1. The number of hydrogen-bond donors (Lipinski definition) is 2. The number of halogens is 2. The minimum Gasteiger partial charge on any atom is -0.480 e. The van der Waals surface area contributed by atoms with Crippen LogP contribution in [0.15, 0.2) is 22.7 Å². The number of carbonyl (C=O) groups is 2. The van der Waals surface area contributed by atoms with Crippen LogP contribution < -0.4 is 5.32 Å². The molecule has 0 fully saturated rings. The van der Waals surface area contributed by atoms with Gasteiger partial charge in [-0.05, 0) is 23.8 Å². The number of carbonyl (C=O) groups excluding carboxylic acids is 1. The molecule has 0 aliphatic heterocycles. The Balaban J connectivity index is 2.89. The summed E-state index contributed by atoms with van der Waals surface area (Å²) < 4.78 is 0.763. The Morgan fingerprint density at radius 2 is 2.18 bits per heavy atom. The summed E-state index contributed by atoms with van der Waals surface area (Å²) in [5.41, 5.74) is 0.735. The Hall–Kier alpha value is -1.07. The molecule has 1 aromatic carbocycles. The number of rotatable bonds is 4. The van der Waals surface area contributed by atoms with Gasteiger partial charge in [0.2, 0.25) is 5.91 Å². The predicted molar refractivity (Wildman–Crippen MR) is 68.1 cm³/mol. The van der Waals surface area contributed by atoms with Crippen LogP contribution in [-0.2, 0) is 16.0 Å². The summed E-state index contributed by atoms with van der Waals surface area (Å²) in [6.45, 7) is 1.28. The maximum atomic E-state index is 11.0. The van der Waals surface area contributed by atoms with E-state index in [1.165, 1.54) is 6.92 Å². The molecule has 0 heterocycles. The minimum atomic E-state index is -1.08. The molecule has 1 aromatic rings. The van der Waals surface area contributed by atoms with Gasteiger partial charge < -0.3 is 10.4 Å². The molecule has 0 bridgehead atoms. The van der Waals surface area contributed by atoms with Crippen LogP contribution in [0.2, 0.25) is 5.02 Å². The molecule has 0 saturated carbocycles. The van der Waals surface area contributed by atoms with Crippen LogP contribution in [0.4, 0.5) is 0 Å². The van der Waals surface area contributed by atoms with Gasteiger partial charge in [-0.2, -0.15) is 0 Å². The fraction of sp³-hybridized carbons (Fsp3) is 0.273. The standard InChI is InChI=1S/C11H11BrClNO3/c1-6(15)14-10(11(16)17)5-7-4-8(13)2-3-9(7)12/h2-4,10H,5H2,1H3,(H,14,15)(H,16,17)/t10-/m0/s1. The van der Waals surface area contributed by atoms with Gasteiger partial charge in [-0.15, -0.1) is 0 Å². The van der Waals surface area contributed by atoms with E-state index in [-0.39, 0.29) is 12.3 Å². The highest BCUT2D eigenvalue weighted by Gasteiger charge is 2.20. The van der Waals surface area contributed by atoms with Crippen molar-refractivity contribution >= 4 is 39.4 Å². The quantitative estimate of drug-likeness (QED) is 0.894. The number of nitrogens with one attached hydrogen (secondary N) is 1. The van der Waals surface area contributed by atoms with Crippen molar-refractivity contribution in [1.29, 1.82) is 0 Å². The lowest BCUT2D eigenvalue weighted by molar-refractivity contribution is -0.141. The molecule has 0 aliphatic carbocycles. The summed E-state index contributed by atoms with van der Waals surface area (Å²) in [4.78, 5) is 21.9. The Bertz CT molecular complexity index is 450. The van der Waals surface area contributed by atoms with Crippen molar-refractivity contribution in [2.45, 2.75) is 19.4 Å². The Morgan fingerprint density at radius 1 is 1.53 bits per heavy atom. The van der Waals surface area contributed by atoms with E-state index in [0.29, 0.717) is 5.02 Å². The topological polar surface area (TPSA) is 66.4 Å². The first-order chi connectivity index (χ1) is 7.90. The van der Waals surface area contributed by atoms with Gasteiger partial charge in [0.15, 0.2) is 0 Å². The molecule has 1 atom stereocenters. The maximum Gasteiger partial charge on any atom is 0.326 e. The van der Waals surface area contributed by atoms with E-state index in [2.05, 4.69) is 21.2 Å². The molecule has 0 unspecified atom stereocenters. The Kier molecular flexibility index (Phi) is 4.96. The zero-order valence-electron chi connectivity index (χ0n) is 9.04. The molecule has 0 saturated heterocycles. The fourth-order valence-electron chi connectivity index (χ4n) is 1.37. The summed E-state index contributed by atoms with van der Waals surface area (Å²) in [6, 6.07) is 4.15. The van der Waals surface area contributed by atoms with Gasteiger partial charge in [0, 0.05) is 22.8 Å². The number of carboxylic acid groups (broad SMARTS) is 1. The summed E-state index contributed by atoms with van der Waals surface area (Å²) in [5.74, 6) is -1.46. The molecular formula is C11H11BrClNO3. The predicted octanol–water partition coefficient (Wildman–Crippen LogP) is 2.23. The van der Waals surface area contributed by atoms with E-state index in [1.54, 1.807) is 18.2 Å². The summed E-state index contributed by atoms with van der Waals surface area (Å²) in [6.07, 6.45) is 0.177. The molecule has 1 amide bonds. The second-order valence-corrected chi connectivity index (χ2v) is 4.82. The zero-order valence-corrected chi connectivity index (χ0v) is 11.4. The van der Waals surface area contributed by atoms with Crippen LogP contribution in [0.1, 0.15) is 12.5 Å². The lowest BCUT2D eigenvalue weighted by Gasteiger charge is -2.14. The van der Waals surface area contributed by atoms with E-state index in [4.69, 9.17) is 16.7 Å². The summed E-state index contributed by atoms with van der Waals surface area (Å²) in [5, 5.41) is 11.9. The molecule has 1 rings (SSSR count). The van der Waals surface area contributed by atoms with E-state index in [0.717, 1.165) is 10.0 Å². The molecule has 0 spiro atoms. The average Bonchev–Trinajstić information content (AvgIpc) is 2.21. The van der Waals surface area contributed by atoms with Crippen molar-refractivity contribution in [3.8, 4) is 0 Å². The fourth-order valence-corrected chi connectivity index (χ4v) is 1.97. The number of hydrogen-bond acceptors (Lipinski definition) is 2. The molecule has 0 aliphatic rings. The molecule has 4 nitrogen and oxygen atoms in total.